The molecular formula is C14H15FN2OS. The third-order valence-electron chi connectivity index (χ3n) is 3.03. The molecule has 2 rings (SSSR count). The van der Waals surface area contributed by atoms with Crippen molar-refractivity contribution in [3.63, 3.8) is 0 Å². The minimum atomic E-state index is -0.402. The minimum Gasteiger partial charge on any atom is -0.469 e. The topological polar surface area (TPSA) is 42.4 Å². The van der Waals surface area contributed by atoms with Crippen molar-refractivity contribution in [2.45, 2.75) is 13.5 Å². The van der Waals surface area contributed by atoms with E-state index in [9.17, 15) is 4.39 Å². The predicted molar refractivity (Wildman–Crippen MR) is 77.8 cm³/mol. The van der Waals surface area contributed by atoms with Crippen LogP contribution in [0, 0.1) is 12.7 Å². The summed E-state index contributed by atoms with van der Waals surface area (Å²) in [5, 5.41) is 0. The van der Waals surface area contributed by atoms with Crippen molar-refractivity contribution in [1.82, 2.24) is 0 Å². The van der Waals surface area contributed by atoms with Crippen molar-refractivity contribution in [3.05, 3.63) is 53.2 Å². The first kappa shape index (κ1) is 13.5. The summed E-state index contributed by atoms with van der Waals surface area (Å²) in [5.41, 5.74) is 7.54. The van der Waals surface area contributed by atoms with Crippen molar-refractivity contribution in [1.29, 1.82) is 0 Å². The molecule has 0 aliphatic carbocycles. The maximum atomic E-state index is 13.8. The molecule has 2 aromatic rings. The summed E-state index contributed by atoms with van der Waals surface area (Å²) in [5.74, 6) is 0.466. The van der Waals surface area contributed by atoms with Crippen LogP contribution in [0.5, 0.6) is 0 Å². The number of aryl methyl sites for hydroxylation is 1. The standard InChI is InChI=1S/C14H15FN2OS/c1-9-10(5-6-18-9)8-17(2)11-3-4-12(14(16)19)13(15)7-11/h3-7H,8H2,1-2H3,(H2,16,19). The lowest BCUT2D eigenvalue weighted by Gasteiger charge is -2.19. The number of anilines is 1. The first-order valence-corrected chi connectivity index (χ1v) is 6.23. The molecule has 0 fully saturated rings. The summed E-state index contributed by atoms with van der Waals surface area (Å²) in [7, 11) is 1.89. The Morgan fingerprint density at radius 2 is 2.16 bits per heavy atom. The van der Waals surface area contributed by atoms with Gasteiger partial charge < -0.3 is 15.1 Å². The molecule has 3 nitrogen and oxygen atoms in total. The van der Waals surface area contributed by atoms with Gasteiger partial charge in [0, 0.05) is 30.4 Å². The van der Waals surface area contributed by atoms with Crippen LogP contribution in [0.3, 0.4) is 0 Å². The van der Waals surface area contributed by atoms with Gasteiger partial charge in [-0.25, -0.2) is 4.39 Å². The van der Waals surface area contributed by atoms with Crippen LogP contribution in [-0.2, 0) is 6.54 Å². The van der Waals surface area contributed by atoms with E-state index < -0.39 is 5.82 Å². The number of nitrogens with two attached hydrogens (primary N) is 1. The molecule has 19 heavy (non-hydrogen) atoms. The minimum absolute atomic E-state index is 0.0670. The summed E-state index contributed by atoms with van der Waals surface area (Å²) in [6.45, 7) is 2.55. The van der Waals surface area contributed by atoms with Crippen LogP contribution in [-0.4, -0.2) is 12.0 Å². The van der Waals surface area contributed by atoms with Gasteiger partial charge in [-0.2, -0.15) is 0 Å². The van der Waals surface area contributed by atoms with Crippen LogP contribution in [0.1, 0.15) is 16.9 Å². The fourth-order valence-electron chi connectivity index (χ4n) is 1.86. The third kappa shape index (κ3) is 2.93. The van der Waals surface area contributed by atoms with Crippen LogP contribution >= 0.6 is 12.2 Å². The van der Waals surface area contributed by atoms with Crippen molar-refractivity contribution >= 4 is 22.9 Å². The van der Waals surface area contributed by atoms with E-state index in [2.05, 4.69) is 0 Å². The molecule has 0 bridgehead atoms. The fraction of sp³-hybridized carbons (Fsp3) is 0.214. The molecular weight excluding hydrogens is 263 g/mol. The summed E-state index contributed by atoms with van der Waals surface area (Å²) in [4.78, 5) is 2.00. The monoisotopic (exact) mass is 278 g/mol. The number of benzene rings is 1. The van der Waals surface area contributed by atoms with E-state index >= 15 is 0 Å². The molecule has 0 unspecified atom stereocenters. The van der Waals surface area contributed by atoms with E-state index in [1.54, 1.807) is 18.4 Å². The molecule has 1 heterocycles. The maximum Gasteiger partial charge on any atom is 0.135 e. The van der Waals surface area contributed by atoms with Gasteiger partial charge in [0.15, 0.2) is 0 Å². The molecule has 2 N–H and O–H groups in total. The van der Waals surface area contributed by atoms with Gasteiger partial charge in [-0.05, 0) is 31.2 Å². The largest absolute Gasteiger partial charge is 0.469 e. The smallest absolute Gasteiger partial charge is 0.135 e. The highest BCUT2D eigenvalue weighted by molar-refractivity contribution is 7.80. The third-order valence-corrected chi connectivity index (χ3v) is 3.25. The first-order valence-electron chi connectivity index (χ1n) is 5.82. The summed E-state index contributed by atoms with van der Waals surface area (Å²) < 4.78 is 19.0. The molecule has 0 amide bonds. The van der Waals surface area contributed by atoms with Crippen molar-refractivity contribution in [2.75, 3.05) is 11.9 Å². The number of nitrogens with zero attached hydrogens (tertiary/aromatic N) is 1. The summed E-state index contributed by atoms with van der Waals surface area (Å²) in [6.07, 6.45) is 1.65. The van der Waals surface area contributed by atoms with Gasteiger partial charge in [-0.15, -0.1) is 0 Å². The number of furan rings is 1. The van der Waals surface area contributed by atoms with E-state index in [-0.39, 0.29) is 10.6 Å². The van der Waals surface area contributed by atoms with Crippen LogP contribution in [0.2, 0.25) is 0 Å². The number of thiocarbonyl (C=S) groups is 1. The molecule has 0 saturated heterocycles. The van der Waals surface area contributed by atoms with Crippen molar-refractivity contribution in [2.24, 2.45) is 5.73 Å². The highest BCUT2D eigenvalue weighted by atomic mass is 32.1. The van der Waals surface area contributed by atoms with Crippen molar-refractivity contribution in [3.8, 4) is 0 Å². The molecule has 0 aliphatic rings. The maximum absolute atomic E-state index is 13.8. The second kappa shape index (κ2) is 5.40. The quantitative estimate of drug-likeness (QED) is 0.873. The first-order chi connectivity index (χ1) is 8.99. The van der Waals surface area contributed by atoms with Crippen LogP contribution in [0.15, 0.2) is 34.9 Å². The lowest BCUT2D eigenvalue weighted by atomic mass is 10.1. The van der Waals surface area contributed by atoms with Crippen LogP contribution in [0.4, 0.5) is 10.1 Å². The summed E-state index contributed by atoms with van der Waals surface area (Å²) >= 11 is 4.78. The SMILES string of the molecule is Cc1occc1CN(C)c1ccc(C(N)=S)c(F)c1. The average molecular weight is 278 g/mol. The Balaban J connectivity index is 2.20. The lowest BCUT2D eigenvalue weighted by Crippen LogP contribution is -2.18. The number of halogens is 1. The van der Waals surface area contributed by atoms with Gasteiger partial charge >= 0.3 is 0 Å². The Kier molecular flexibility index (Phi) is 3.85. The second-order valence-electron chi connectivity index (χ2n) is 4.39. The van der Waals surface area contributed by atoms with Gasteiger partial charge in [0.1, 0.15) is 16.6 Å². The molecule has 0 radical (unpaired) electrons. The Bertz CT molecular complexity index is 609. The molecule has 5 heteroatoms. The Hall–Kier alpha value is -1.88. The highest BCUT2D eigenvalue weighted by Gasteiger charge is 2.10. The van der Waals surface area contributed by atoms with Gasteiger partial charge in [-0.3, -0.25) is 0 Å². The lowest BCUT2D eigenvalue weighted by molar-refractivity contribution is 0.529. The molecule has 1 aromatic carbocycles. The predicted octanol–water partition coefficient (Wildman–Crippen LogP) is 3.00. The van der Waals surface area contributed by atoms with E-state index in [0.717, 1.165) is 17.0 Å². The number of rotatable bonds is 4. The van der Waals surface area contributed by atoms with Gasteiger partial charge in [0.2, 0.25) is 0 Å². The Morgan fingerprint density at radius 3 is 2.68 bits per heavy atom. The second-order valence-corrected chi connectivity index (χ2v) is 4.83. The van der Waals surface area contributed by atoms with E-state index in [4.69, 9.17) is 22.4 Å². The number of hydrogen-bond acceptors (Lipinski definition) is 3. The zero-order valence-electron chi connectivity index (χ0n) is 10.8. The zero-order chi connectivity index (χ0) is 14.0. The van der Waals surface area contributed by atoms with Gasteiger partial charge in [0.05, 0.1) is 6.26 Å². The number of hydrogen-bond donors (Lipinski definition) is 1. The normalized spacial score (nSPS) is 10.5. The highest BCUT2D eigenvalue weighted by Crippen LogP contribution is 2.20. The van der Waals surface area contributed by atoms with Gasteiger partial charge in [-0.1, -0.05) is 12.2 Å². The Labute approximate surface area is 116 Å². The Morgan fingerprint density at radius 1 is 1.42 bits per heavy atom. The van der Waals surface area contributed by atoms with E-state index in [0.29, 0.717) is 6.54 Å². The molecule has 0 saturated carbocycles. The molecule has 100 valence electrons. The molecule has 0 aliphatic heterocycles. The molecule has 0 spiro atoms. The van der Waals surface area contributed by atoms with Crippen LogP contribution < -0.4 is 10.6 Å². The molecule has 0 atom stereocenters. The van der Waals surface area contributed by atoms with E-state index in [1.165, 1.54) is 6.07 Å². The average Bonchev–Trinajstić information content (AvgIpc) is 2.74. The van der Waals surface area contributed by atoms with E-state index in [1.807, 2.05) is 24.9 Å². The summed E-state index contributed by atoms with van der Waals surface area (Å²) in [6, 6.07) is 6.74. The fourth-order valence-corrected chi connectivity index (χ4v) is 2.03. The van der Waals surface area contributed by atoms with Crippen molar-refractivity contribution < 1.29 is 8.81 Å². The van der Waals surface area contributed by atoms with Gasteiger partial charge in [0.25, 0.3) is 0 Å². The molecule has 1 aromatic heterocycles. The zero-order valence-corrected chi connectivity index (χ0v) is 11.6. The van der Waals surface area contributed by atoms with Crippen LogP contribution in [0.25, 0.3) is 0 Å².